The maximum absolute atomic E-state index is 5.92. The molecule has 3 aromatic carbocycles. The summed E-state index contributed by atoms with van der Waals surface area (Å²) in [5.41, 5.74) is 15.7. The van der Waals surface area contributed by atoms with Crippen molar-refractivity contribution in [1.29, 1.82) is 0 Å². The molecule has 2 unspecified atom stereocenters. The fourth-order valence-corrected chi connectivity index (χ4v) is 7.57. The number of benzene rings is 3. The van der Waals surface area contributed by atoms with E-state index in [1.54, 1.807) is 11.8 Å². The van der Waals surface area contributed by atoms with Crippen molar-refractivity contribution in [3.8, 4) is 0 Å². The Bertz CT molecular complexity index is 1640. The van der Waals surface area contributed by atoms with Crippen molar-refractivity contribution in [2.45, 2.75) is 25.2 Å². The molecular weight excluding hydrogens is 420 g/mol. The smallest absolute Gasteiger partial charge is 0.0497 e. The maximum atomic E-state index is 5.92. The van der Waals surface area contributed by atoms with Crippen molar-refractivity contribution >= 4 is 38.4 Å². The van der Waals surface area contributed by atoms with Gasteiger partial charge in [0.2, 0.25) is 0 Å². The van der Waals surface area contributed by atoms with Crippen molar-refractivity contribution in [3.63, 3.8) is 0 Å². The molecule has 2 heterocycles. The molecule has 33 heavy (non-hydrogen) atoms. The third-order valence-electron chi connectivity index (χ3n) is 7.49. The Balaban J connectivity index is 1.69. The van der Waals surface area contributed by atoms with Gasteiger partial charge in [-0.25, -0.2) is 0 Å². The molecule has 1 aromatic heterocycles. The molecule has 3 aliphatic rings. The standard InChI is InChI=1S/C30H24N2S/c1-2-19(15-16-31)32-24-13-7-5-11-21(24)27-26-20-10-4-3-9-18(20)17-23(26)30-28(29(27)32)22-12-6-8-14-25(22)33-30/h2-16,26-27H,17,31H2,1H3/b16-15-,19-2+. The number of nitrogens with two attached hydrogens (primary N) is 1. The van der Waals surface area contributed by atoms with Gasteiger partial charge in [-0.15, -0.1) is 11.3 Å². The van der Waals surface area contributed by atoms with Gasteiger partial charge < -0.3 is 10.6 Å². The molecule has 0 bridgehead atoms. The summed E-state index contributed by atoms with van der Waals surface area (Å²) in [7, 11) is 0. The van der Waals surface area contributed by atoms with Gasteiger partial charge in [0.1, 0.15) is 0 Å². The summed E-state index contributed by atoms with van der Waals surface area (Å²) in [6, 6.07) is 26.9. The van der Waals surface area contributed by atoms with Crippen molar-refractivity contribution in [2.24, 2.45) is 5.73 Å². The van der Waals surface area contributed by atoms with Crippen LogP contribution >= 0.6 is 11.3 Å². The van der Waals surface area contributed by atoms with Crippen LogP contribution < -0.4 is 20.4 Å². The van der Waals surface area contributed by atoms with Crippen LogP contribution in [0.25, 0.3) is 21.4 Å². The van der Waals surface area contributed by atoms with Crippen molar-refractivity contribution in [3.05, 3.63) is 123 Å². The molecule has 2 aliphatic carbocycles. The highest BCUT2D eigenvalue weighted by Gasteiger charge is 2.47. The highest BCUT2D eigenvalue weighted by Crippen LogP contribution is 2.58. The van der Waals surface area contributed by atoms with Crippen LogP contribution in [0.15, 0.2) is 96.8 Å². The first-order valence-electron chi connectivity index (χ1n) is 11.6. The number of rotatable bonds is 2. The number of hydrogen-bond acceptors (Lipinski definition) is 3. The first-order chi connectivity index (χ1) is 16.3. The molecule has 0 radical (unpaired) electrons. The van der Waals surface area contributed by atoms with Gasteiger partial charge in [-0.05, 0) is 60.0 Å². The number of nitrogens with zero attached hydrogens (tertiary/aromatic N) is 1. The second-order valence-corrected chi connectivity index (χ2v) is 10.1. The summed E-state index contributed by atoms with van der Waals surface area (Å²) in [5, 5.41) is 2.78. The Kier molecular flexibility index (Phi) is 4.00. The Labute approximate surface area is 197 Å². The fraction of sp³-hybridized carbons (Fsp3) is 0.133. The lowest BCUT2D eigenvalue weighted by Crippen LogP contribution is -2.38. The van der Waals surface area contributed by atoms with Gasteiger partial charge in [0.05, 0.1) is 0 Å². The number of para-hydroxylation sites is 1. The predicted molar refractivity (Wildman–Crippen MR) is 140 cm³/mol. The Morgan fingerprint density at radius 1 is 0.939 bits per heavy atom. The van der Waals surface area contributed by atoms with Gasteiger partial charge in [0, 0.05) is 48.8 Å². The second-order valence-electron chi connectivity index (χ2n) is 9.01. The van der Waals surface area contributed by atoms with E-state index in [9.17, 15) is 0 Å². The van der Waals surface area contributed by atoms with Crippen LogP contribution in [0.2, 0.25) is 0 Å². The summed E-state index contributed by atoms with van der Waals surface area (Å²) in [4.78, 5) is 2.47. The minimum Gasteiger partial charge on any atom is -0.405 e. The van der Waals surface area contributed by atoms with Crippen LogP contribution in [-0.4, -0.2) is 0 Å². The van der Waals surface area contributed by atoms with Crippen LogP contribution in [0, 0.1) is 0 Å². The van der Waals surface area contributed by atoms with E-state index in [0.29, 0.717) is 11.8 Å². The van der Waals surface area contributed by atoms with Crippen LogP contribution in [-0.2, 0) is 6.42 Å². The zero-order chi connectivity index (χ0) is 22.1. The zero-order valence-electron chi connectivity index (χ0n) is 18.5. The van der Waals surface area contributed by atoms with Crippen molar-refractivity contribution in [1.82, 2.24) is 0 Å². The molecule has 0 spiro atoms. The van der Waals surface area contributed by atoms with Gasteiger partial charge in [-0.3, -0.25) is 0 Å². The van der Waals surface area contributed by atoms with Crippen LogP contribution in [0.3, 0.4) is 0 Å². The van der Waals surface area contributed by atoms with E-state index < -0.39 is 0 Å². The van der Waals surface area contributed by atoms with Crippen molar-refractivity contribution in [2.75, 3.05) is 4.90 Å². The molecular formula is C30H24N2S. The average Bonchev–Trinajstić information content (AvgIpc) is 3.52. The summed E-state index contributed by atoms with van der Waals surface area (Å²) in [6.07, 6.45) is 6.91. The van der Waals surface area contributed by atoms with E-state index in [1.807, 2.05) is 17.4 Å². The van der Waals surface area contributed by atoms with E-state index in [-0.39, 0.29) is 0 Å². The summed E-state index contributed by atoms with van der Waals surface area (Å²) >= 11 is 1.96. The molecule has 0 fully saturated rings. The molecule has 7 rings (SSSR count). The quantitative estimate of drug-likeness (QED) is 0.414. The topological polar surface area (TPSA) is 29.3 Å². The van der Waals surface area contributed by atoms with Gasteiger partial charge in [-0.1, -0.05) is 66.7 Å². The van der Waals surface area contributed by atoms with Gasteiger partial charge >= 0.3 is 0 Å². The van der Waals surface area contributed by atoms with E-state index in [2.05, 4.69) is 90.7 Å². The largest absolute Gasteiger partial charge is 0.405 e. The van der Waals surface area contributed by atoms with Crippen LogP contribution in [0.5, 0.6) is 0 Å². The third-order valence-corrected chi connectivity index (χ3v) is 8.74. The van der Waals surface area contributed by atoms with Gasteiger partial charge in [-0.2, -0.15) is 0 Å². The second kappa shape index (κ2) is 6.97. The first-order valence-corrected chi connectivity index (χ1v) is 12.4. The highest BCUT2D eigenvalue weighted by atomic mass is 32.1. The Morgan fingerprint density at radius 2 is 1.70 bits per heavy atom. The van der Waals surface area contributed by atoms with Crippen molar-refractivity contribution < 1.29 is 0 Å². The highest BCUT2D eigenvalue weighted by molar-refractivity contribution is 7.17. The summed E-state index contributed by atoms with van der Waals surface area (Å²) in [5.74, 6) is 0.675. The number of fused-ring (bicyclic) bond motifs is 10. The molecule has 2 N–H and O–H groups in total. The number of allylic oxidation sites excluding steroid dienone is 2. The number of anilines is 1. The SMILES string of the molecule is C/C=C(\C=C/N)N1C2=c3c(sc4ccccc34)=C3Cc4ccccc4C3C2c2ccccc21. The molecule has 0 saturated heterocycles. The lowest BCUT2D eigenvalue weighted by atomic mass is 9.76. The third kappa shape index (κ3) is 2.43. The number of thiophene rings is 1. The molecule has 2 atom stereocenters. The zero-order valence-corrected chi connectivity index (χ0v) is 19.3. The lowest BCUT2D eigenvalue weighted by Gasteiger charge is -2.30. The molecule has 4 aromatic rings. The molecule has 0 saturated carbocycles. The normalized spacial score (nSPS) is 20.8. The predicted octanol–water partition coefficient (Wildman–Crippen LogP) is 5.49. The monoisotopic (exact) mass is 444 g/mol. The fourth-order valence-electron chi connectivity index (χ4n) is 6.28. The molecule has 3 heteroatoms. The molecule has 160 valence electrons. The Morgan fingerprint density at radius 3 is 2.55 bits per heavy atom. The Hall–Kier alpha value is -3.56. The van der Waals surface area contributed by atoms with Gasteiger partial charge in [0.15, 0.2) is 0 Å². The van der Waals surface area contributed by atoms with Crippen LogP contribution in [0.1, 0.15) is 35.4 Å². The minimum absolute atomic E-state index is 0.298. The van der Waals surface area contributed by atoms with Crippen LogP contribution in [0.4, 0.5) is 5.69 Å². The summed E-state index contributed by atoms with van der Waals surface area (Å²) in [6.45, 7) is 2.10. The van der Waals surface area contributed by atoms with E-state index >= 15 is 0 Å². The summed E-state index contributed by atoms with van der Waals surface area (Å²) < 4.78 is 2.83. The molecule has 1 aliphatic heterocycles. The molecule has 2 nitrogen and oxygen atoms in total. The van der Waals surface area contributed by atoms with E-state index in [0.717, 1.165) is 12.1 Å². The maximum Gasteiger partial charge on any atom is 0.0497 e. The van der Waals surface area contributed by atoms with E-state index in [1.165, 1.54) is 47.9 Å². The first kappa shape index (κ1) is 19.0. The average molecular weight is 445 g/mol. The van der Waals surface area contributed by atoms with E-state index in [4.69, 9.17) is 5.73 Å². The lowest BCUT2D eigenvalue weighted by molar-refractivity contribution is 0.776. The minimum atomic E-state index is 0.298. The number of hydrogen-bond donors (Lipinski definition) is 1. The molecule has 0 amide bonds. The van der Waals surface area contributed by atoms with Gasteiger partial charge in [0.25, 0.3) is 0 Å².